The lowest BCUT2D eigenvalue weighted by Crippen LogP contribution is -2.20. The van der Waals surface area contributed by atoms with Gasteiger partial charge >= 0.3 is 0 Å². The van der Waals surface area contributed by atoms with Gasteiger partial charge in [-0.25, -0.2) is 0 Å². The molecule has 5 N–H and O–H groups in total. The summed E-state index contributed by atoms with van der Waals surface area (Å²) in [5.74, 6) is 5.45. The van der Waals surface area contributed by atoms with Gasteiger partial charge < -0.3 is 45.2 Å². The smallest absolute Gasteiger partial charge is 0.250 e. The molecule has 0 atom stereocenters. The number of ether oxygens (including phenoxy) is 6. The van der Waals surface area contributed by atoms with Crippen molar-refractivity contribution >= 4 is 11.6 Å². The van der Waals surface area contributed by atoms with Crippen LogP contribution >= 0.6 is 0 Å². The largest absolute Gasteiger partial charge is 0.378 e. The molecule has 0 spiro atoms. The molecule has 186 valence electrons. The summed E-state index contributed by atoms with van der Waals surface area (Å²) in [6.45, 7) is 5.98. The second-order valence-corrected chi connectivity index (χ2v) is 6.54. The molecule has 0 saturated carbocycles. The average molecular weight is 468 g/mol. The molecule has 1 aromatic carbocycles. The predicted molar refractivity (Wildman–Crippen MR) is 125 cm³/mol. The van der Waals surface area contributed by atoms with E-state index in [0.717, 1.165) is 5.56 Å². The minimum atomic E-state index is -0.243. The maximum atomic E-state index is 11.9. The third kappa shape index (κ3) is 18.1. The first kappa shape index (κ1) is 29.0. The Morgan fingerprint density at radius 3 is 1.79 bits per heavy atom. The van der Waals surface area contributed by atoms with Crippen LogP contribution in [0.3, 0.4) is 0 Å². The van der Waals surface area contributed by atoms with Crippen LogP contribution in [0.1, 0.15) is 5.56 Å². The summed E-state index contributed by atoms with van der Waals surface area (Å²) in [5, 5.41) is 2.76. The third-order valence-electron chi connectivity index (χ3n) is 3.84. The first-order chi connectivity index (χ1) is 16.3. The highest BCUT2D eigenvalue weighted by atomic mass is 16.6. The summed E-state index contributed by atoms with van der Waals surface area (Å²) in [7, 11) is 0. The summed E-state index contributed by atoms with van der Waals surface area (Å²) in [6, 6.07) is 7.23. The van der Waals surface area contributed by atoms with Crippen LogP contribution in [-0.2, 0) is 33.2 Å². The quantitative estimate of drug-likeness (QED) is 0.179. The van der Waals surface area contributed by atoms with Gasteiger partial charge in [-0.15, -0.1) is 0 Å². The Morgan fingerprint density at radius 2 is 1.27 bits per heavy atom. The van der Waals surface area contributed by atoms with Crippen molar-refractivity contribution in [2.75, 3.05) is 97.7 Å². The molecule has 0 aliphatic rings. The van der Waals surface area contributed by atoms with E-state index in [0.29, 0.717) is 84.9 Å². The molecule has 0 aliphatic carbocycles. The molecular formula is C23H37N3O7. The number of benzene rings is 1. The summed E-state index contributed by atoms with van der Waals surface area (Å²) < 4.78 is 32.0. The molecule has 0 aliphatic heterocycles. The van der Waals surface area contributed by atoms with E-state index in [4.69, 9.17) is 39.9 Å². The van der Waals surface area contributed by atoms with E-state index < -0.39 is 0 Å². The van der Waals surface area contributed by atoms with E-state index in [1.165, 1.54) is 0 Å². The molecule has 1 amide bonds. The van der Waals surface area contributed by atoms with Crippen LogP contribution in [0.4, 0.5) is 5.69 Å². The minimum Gasteiger partial charge on any atom is -0.378 e. The highest BCUT2D eigenvalue weighted by molar-refractivity contribution is 5.91. The van der Waals surface area contributed by atoms with E-state index in [2.05, 4.69) is 17.2 Å². The first-order valence-electron chi connectivity index (χ1n) is 11.0. The number of carbonyl (C=O) groups is 1. The van der Waals surface area contributed by atoms with Gasteiger partial charge in [0.25, 0.3) is 0 Å². The van der Waals surface area contributed by atoms with Crippen molar-refractivity contribution in [1.29, 1.82) is 0 Å². The summed E-state index contributed by atoms with van der Waals surface area (Å²) >= 11 is 0. The van der Waals surface area contributed by atoms with Gasteiger partial charge in [-0.1, -0.05) is 17.9 Å². The number of nitrogens with two attached hydrogens (primary N) is 2. The van der Waals surface area contributed by atoms with Gasteiger partial charge in [0.2, 0.25) is 5.91 Å². The second kappa shape index (κ2) is 21.8. The maximum absolute atomic E-state index is 11.9. The van der Waals surface area contributed by atoms with Crippen molar-refractivity contribution < 1.29 is 33.2 Å². The summed E-state index contributed by atoms with van der Waals surface area (Å²) in [5.41, 5.74) is 12.1. The van der Waals surface area contributed by atoms with Crippen LogP contribution in [0.15, 0.2) is 24.3 Å². The van der Waals surface area contributed by atoms with E-state index in [-0.39, 0.29) is 19.1 Å². The van der Waals surface area contributed by atoms with E-state index in [9.17, 15) is 4.79 Å². The van der Waals surface area contributed by atoms with Crippen molar-refractivity contribution in [3.63, 3.8) is 0 Å². The van der Waals surface area contributed by atoms with Crippen molar-refractivity contribution in [2.24, 2.45) is 11.5 Å². The molecule has 10 heteroatoms. The molecule has 0 unspecified atom stereocenters. The minimum absolute atomic E-state index is 0.0552. The normalized spacial score (nSPS) is 10.6. The van der Waals surface area contributed by atoms with Crippen LogP contribution in [0.25, 0.3) is 0 Å². The Labute approximate surface area is 196 Å². The Balaban J connectivity index is 1.86. The van der Waals surface area contributed by atoms with Gasteiger partial charge in [-0.05, 0) is 18.2 Å². The number of amides is 1. The molecule has 0 bridgehead atoms. The lowest BCUT2D eigenvalue weighted by atomic mass is 10.2. The molecular weight excluding hydrogens is 430 g/mol. The van der Waals surface area contributed by atoms with Gasteiger partial charge in [-0.3, -0.25) is 4.79 Å². The van der Waals surface area contributed by atoms with Crippen LogP contribution in [0, 0.1) is 11.8 Å². The number of carbonyl (C=O) groups excluding carboxylic acids is 1. The molecule has 0 aromatic heterocycles. The van der Waals surface area contributed by atoms with Gasteiger partial charge in [0.1, 0.15) is 6.61 Å². The number of rotatable bonds is 20. The van der Waals surface area contributed by atoms with Crippen molar-refractivity contribution in [1.82, 2.24) is 0 Å². The molecule has 1 aromatic rings. The van der Waals surface area contributed by atoms with Crippen molar-refractivity contribution in [2.45, 2.75) is 0 Å². The molecule has 1 rings (SSSR count). The zero-order valence-corrected chi connectivity index (χ0v) is 19.2. The third-order valence-corrected chi connectivity index (χ3v) is 3.84. The van der Waals surface area contributed by atoms with Gasteiger partial charge in [-0.2, -0.15) is 0 Å². The fraction of sp³-hybridized carbons (Fsp3) is 0.609. The standard InChI is InChI=1S/C23H37N3O7/c24-6-2-4-21-3-1-5-22(19-21)26-23(27)20-33-18-17-32-16-15-31-14-13-30-12-11-29-10-9-28-8-7-25/h1,3,5,19H,6-18,20,24-25H2,(H,26,27). The van der Waals surface area contributed by atoms with Gasteiger partial charge in [0.15, 0.2) is 0 Å². The summed E-state index contributed by atoms with van der Waals surface area (Å²) in [6.07, 6.45) is 0. The zero-order chi connectivity index (χ0) is 23.8. The molecule has 0 heterocycles. The lowest BCUT2D eigenvalue weighted by molar-refractivity contribution is -0.121. The molecule has 33 heavy (non-hydrogen) atoms. The van der Waals surface area contributed by atoms with Gasteiger partial charge in [0.05, 0.1) is 79.2 Å². The fourth-order valence-corrected chi connectivity index (χ4v) is 2.37. The Kier molecular flexibility index (Phi) is 19.1. The Morgan fingerprint density at radius 1 is 0.758 bits per heavy atom. The Hall–Kier alpha value is -2.07. The van der Waals surface area contributed by atoms with E-state index in [1.807, 2.05) is 12.1 Å². The zero-order valence-electron chi connectivity index (χ0n) is 19.2. The van der Waals surface area contributed by atoms with E-state index in [1.54, 1.807) is 12.1 Å². The van der Waals surface area contributed by atoms with Gasteiger partial charge in [0, 0.05) is 17.8 Å². The predicted octanol–water partition coefficient (Wildman–Crippen LogP) is -0.00640. The molecule has 0 radical (unpaired) electrons. The number of nitrogens with one attached hydrogen (secondary N) is 1. The maximum Gasteiger partial charge on any atom is 0.250 e. The highest BCUT2D eigenvalue weighted by Crippen LogP contribution is 2.09. The van der Waals surface area contributed by atoms with Crippen LogP contribution in [0.2, 0.25) is 0 Å². The van der Waals surface area contributed by atoms with Crippen LogP contribution in [0.5, 0.6) is 0 Å². The fourth-order valence-electron chi connectivity index (χ4n) is 2.37. The average Bonchev–Trinajstić information content (AvgIpc) is 2.82. The SMILES string of the molecule is NCC#Cc1cccc(NC(=O)COCCOCCOCCOCCOCCOCCN)c1. The van der Waals surface area contributed by atoms with Crippen molar-refractivity contribution in [3.05, 3.63) is 29.8 Å². The number of hydrogen-bond acceptors (Lipinski definition) is 9. The number of hydrogen-bond donors (Lipinski definition) is 3. The van der Waals surface area contributed by atoms with Crippen LogP contribution < -0.4 is 16.8 Å². The molecule has 10 nitrogen and oxygen atoms in total. The van der Waals surface area contributed by atoms with Crippen LogP contribution in [-0.4, -0.2) is 98.3 Å². The molecule has 0 saturated heterocycles. The first-order valence-corrected chi connectivity index (χ1v) is 11.0. The van der Waals surface area contributed by atoms with E-state index >= 15 is 0 Å². The number of anilines is 1. The molecule has 0 fully saturated rings. The lowest BCUT2D eigenvalue weighted by Gasteiger charge is -2.08. The monoisotopic (exact) mass is 467 g/mol. The van der Waals surface area contributed by atoms with Crippen molar-refractivity contribution in [3.8, 4) is 11.8 Å². The highest BCUT2D eigenvalue weighted by Gasteiger charge is 2.03. The Bertz CT molecular complexity index is 680. The summed E-state index contributed by atoms with van der Waals surface area (Å²) in [4.78, 5) is 11.9. The topological polar surface area (TPSA) is 137 Å². The second-order valence-electron chi connectivity index (χ2n) is 6.54.